The first kappa shape index (κ1) is 21.7. The van der Waals surface area contributed by atoms with Crippen LogP contribution in [-0.2, 0) is 10.0 Å². The van der Waals surface area contributed by atoms with Gasteiger partial charge >= 0.3 is 0 Å². The van der Waals surface area contributed by atoms with E-state index in [0.29, 0.717) is 24.2 Å². The number of carbonyl (C=O) groups is 1. The van der Waals surface area contributed by atoms with E-state index in [-0.39, 0.29) is 17.7 Å². The number of amides is 1. The molecule has 2 fully saturated rings. The summed E-state index contributed by atoms with van der Waals surface area (Å²) in [5, 5.41) is 3.04. The zero-order valence-corrected chi connectivity index (χ0v) is 18.9. The van der Waals surface area contributed by atoms with Crippen molar-refractivity contribution in [2.75, 3.05) is 34.6 Å². The van der Waals surface area contributed by atoms with Crippen LogP contribution in [0.2, 0.25) is 0 Å². The van der Waals surface area contributed by atoms with E-state index in [1.54, 1.807) is 24.3 Å². The van der Waals surface area contributed by atoms with Gasteiger partial charge in [-0.3, -0.25) is 9.10 Å². The van der Waals surface area contributed by atoms with Gasteiger partial charge in [0.15, 0.2) is 0 Å². The molecule has 0 radical (unpaired) electrons. The van der Waals surface area contributed by atoms with E-state index >= 15 is 0 Å². The van der Waals surface area contributed by atoms with Crippen LogP contribution in [-0.4, -0.2) is 39.7 Å². The second kappa shape index (κ2) is 9.30. The number of nitrogens with zero attached hydrogens (tertiary/aromatic N) is 2. The van der Waals surface area contributed by atoms with Crippen LogP contribution >= 0.6 is 0 Å². The Kier molecular flexibility index (Phi) is 6.51. The number of nitrogens with one attached hydrogen (secondary N) is 1. The molecule has 1 N–H and O–H groups in total. The van der Waals surface area contributed by atoms with Gasteiger partial charge in [-0.1, -0.05) is 12.1 Å². The number of carbonyl (C=O) groups excluding carboxylic acids is 1. The van der Waals surface area contributed by atoms with Gasteiger partial charge in [-0.25, -0.2) is 8.42 Å². The fraction of sp³-hybridized carbons (Fsp3) is 0.458. The average molecular weight is 442 g/mol. The molecule has 2 aliphatic rings. The minimum atomic E-state index is -3.25. The van der Waals surface area contributed by atoms with Crippen LogP contribution in [0.25, 0.3) is 0 Å². The van der Waals surface area contributed by atoms with E-state index in [9.17, 15) is 13.2 Å². The van der Waals surface area contributed by atoms with Crippen molar-refractivity contribution in [3.63, 3.8) is 0 Å². The fourth-order valence-electron chi connectivity index (χ4n) is 4.35. The highest BCUT2D eigenvalue weighted by atomic mass is 32.2. The van der Waals surface area contributed by atoms with Crippen LogP contribution in [0.15, 0.2) is 48.5 Å². The van der Waals surface area contributed by atoms with Crippen molar-refractivity contribution in [2.24, 2.45) is 0 Å². The molecule has 0 spiro atoms. The Bertz CT molecular complexity index is 997. The monoisotopic (exact) mass is 441 g/mol. The number of rotatable bonds is 5. The number of piperidine rings is 1. The Morgan fingerprint density at radius 2 is 1.45 bits per heavy atom. The van der Waals surface area contributed by atoms with Crippen LogP contribution in [0.1, 0.15) is 61.0 Å². The summed E-state index contributed by atoms with van der Waals surface area (Å²) < 4.78 is 26.0. The van der Waals surface area contributed by atoms with Crippen LogP contribution in [0.3, 0.4) is 0 Å². The molecule has 2 aromatic rings. The molecule has 7 heteroatoms. The first-order valence-corrected chi connectivity index (χ1v) is 12.8. The Hall–Kier alpha value is -2.54. The summed E-state index contributed by atoms with van der Waals surface area (Å²) in [7, 11) is -3.25. The van der Waals surface area contributed by atoms with Crippen molar-refractivity contribution in [3.8, 4) is 0 Å². The van der Waals surface area contributed by atoms with Gasteiger partial charge in [0, 0.05) is 30.9 Å². The molecule has 2 heterocycles. The number of sulfonamides is 1. The van der Waals surface area contributed by atoms with E-state index in [1.165, 1.54) is 29.3 Å². The summed E-state index contributed by atoms with van der Waals surface area (Å²) in [5.74, 6) is 0.0178. The second-order valence-corrected chi connectivity index (χ2v) is 10.5. The van der Waals surface area contributed by atoms with Gasteiger partial charge < -0.3 is 10.2 Å². The van der Waals surface area contributed by atoms with Crippen molar-refractivity contribution < 1.29 is 13.2 Å². The summed E-state index contributed by atoms with van der Waals surface area (Å²) in [4.78, 5) is 15.1. The van der Waals surface area contributed by atoms with Gasteiger partial charge in [-0.05, 0) is 81.0 Å². The standard InChI is InChI=1S/C24H31N3O3S/c1-19(20-7-11-22(12-8-20)26-15-3-2-4-16-26)25-24(28)21-9-13-23(14-10-21)27-17-5-6-18-31(27,29)30/h7-14,19H,2-6,15-18H2,1H3,(H,25,28)/t19-/m1/s1. The summed E-state index contributed by atoms with van der Waals surface area (Å²) in [6.07, 6.45) is 5.37. The SMILES string of the molecule is C[C@@H](NC(=O)c1ccc(N2CCCCS2(=O)=O)cc1)c1ccc(N2CCCCC2)cc1. The van der Waals surface area contributed by atoms with Gasteiger partial charge in [-0.15, -0.1) is 0 Å². The number of hydrogen-bond donors (Lipinski definition) is 1. The molecule has 0 aliphatic carbocycles. The van der Waals surface area contributed by atoms with E-state index in [1.807, 2.05) is 6.92 Å². The third-order valence-electron chi connectivity index (χ3n) is 6.23. The zero-order valence-electron chi connectivity index (χ0n) is 18.1. The lowest BCUT2D eigenvalue weighted by molar-refractivity contribution is 0.0940. The maximum absolute atomic E-state index is 12.7. The molecular weight excluding hydrogens is 410 g/mol. The maximum Gasteiger partial charge on any atom is 0.251 e. The molecule has 4 rings (SSSR count). The summed E-state index contributed by atoms with van der Waals surface area (Å²) in [5.41, 5.74) is 3.45. The average Bonchev–Trinajstić information content (AvgIpc) is 2.79. The summed E-state index contributed by atoms with van der Waals surface area (Å²) in [6.45, 7) is 4.70. The molecule has 2 aromatic carbocycles. The van der Waals surface area contributed by atoms with Crippen molar-refractivity contribution in [1.29, 1.82) is 0 Å². The predicted molar refractivity (Wildman–Crippen MR) is 125 cm³/mol. The van der Waals surface area contributed by atoms with Gasteiger partial charge in [-0.2, -0.15) is 0 Å². The van der Waals surface area contributed by atoms with Crippen LogP contribution in [0.4, 0.5) is 11.4 Å². The molecule has 6 nitrogen and oxygen atoms in total. The van der Waals surface area contributed by atoms with E-state index in [4.69, 9.17) is 0 Å². The first-order chi connectivity index (χ1) is 14.9. The van der Waals surface area contributed by atoms with Gasteiger partial charge in [0.25, 0.3) is 5.91 Å². The quantitative estimate of drug-likeness (QED) is 0.759. The third kappa shape index (κ3) is 5.03. The fourth-order valence-corrected chi connectivity index (χ4v) is 5.99. The molecule has 0 aromatic heterocycles. The lowest BCUT2D eigenvalue weighted by Crippen LogP contribution is -2.37. The molecule has 0 saturated carbocycles. The molecular formula is C24H31N3O3S. The Morgan fingerprint density at radius 1 is 0.839 bits per heavy atom. The topological polar surface area (TPSA) is 69.7 Å². The molecule has 166 valence electrons. The Morgan fingerprint density at radius 3 is 2.10 bits per heavy atom. The Balaban J connectivity index is 1.38. The molecule has 0 unspecified atom stereocenters. The number of benzene rings is 2. The molecule has 31 heavy (non-hydrogen) atoms. The first-order valence-electron chi connectivity index (χ1n) is 11.2. The highest BCUT2D eigenvalue weighted by Gasteiger charge is 2.26. The third-order valence-corrected chi connectivity index (χ3v) is 8.10. The van der Waals surface area contributed by atoms with Crippen LogP contribution < -0.4 is 14.5 Å². The molecule has 1 amide bonds. The molecule has 0 bridgehead atoms. The molecule has 1 atom stereocenters. The minimum Gasteiger partial charge on any atom is -0.372 e. The zero-order chi connectivity index (χ0) is 21.8. The van der Waals surface area contributed by atoms with Gasteiger partial charge in [0.1, 0.15) is 0 Å². The largest absolute Gasteiger partial charge is 0.372 e. The van der Waals surface area contributed by atoms with Crippen LogP contribution in [0.5, 0.6) is 0 Å². The highest BCUT2D eigenvalue weighted by molar-refractivity contribution is 7.92. The second-order valence-electron chi connectivity index (χ2n) is 8.48. The van der Waals surface area contributed by atoms with Gasteiger partial charge in [0.05, 0.1) is 17.5 Å². The minimum absolute atomic E-state index is 0.120. The summed E-state index contributed by atoms with van der Waals surface area (Å²) >= 11 is 0. The van der Waals surface area contributed by atoms with Crippen LogP contribution in [0, 0.1) is 0 Å². The number of anilines is 2. The van der Waals surface area contributed by atoms with E-state index in [0.717, 1.165) is 25.1 Å². The van der Waals surface area contributed by atoms with E-state index in [2.05, 4.69) is 34.5 Å². The maximum atomic E-state index is 12.7. The number of hydrogen-bond acceptors (Lipinski definition) is 4. The lowest BCUT2D eigenvalue weighted by atomic mass is 10.1. The lowest BCUT2D eigenvalue weighted by Gasteiger charge is -2.29. The van der Waals surface area contributed by atoms with Crippen molar-refractivity contribution in [1.82, 2.24) is 5.32 Å². The van der Waals surface area contributed by atoms with E-state index < -0.39 is 10.0 Å². The highest BCUT2D eigenvalue weighted by Crippen LogP contribution is 2.25. The van der Waals surface area contributed by atoms with Crippen molar-refractivity contribution >= 4 is 27.3 Å². The van der Waals surface area contributed by atoms with Gasteiger partial charge in [0.2, 0.25) is 10.0 Å². The Labute approximate surface area is 185 Å². The molecule has 2 saturated heterocycles. The van der Waals surface area contributed by atoms with Crippen molar-refractivity contribution in [2.45, 2.75) is 45.1 Å². The smallest absolute Gasteiger partial charge is 0.251 e. The predicted octanol–water partition coefficient (Wildman–Crippen LogP) is 4.10. The normalized spacial score (nSPS) is 19.6. The summed E-state index contributed by atoms with van der Waals surface area (Å²) in [6, 6.07) is 15.1. The molecule has 2 aliphatic heterocycles. The van der Waals surface area contributed by atoms with Crippen molar-refractivity contribution in [3.05, 3.63) is 59.7 Å².